The van der Waals surface area contributed by atoms with Crippen LogP contribution in [0, 0.1) is 11.8 Å². The topological polar surface area (TPSA) is 52.9 Å². The van der Waals surface area contributed by atoms with Gasteiger partial charge in [-0.05, 0) is 11.8 Å². The van der Waals surface area contributed by atoms with Crippen LogP contribution in [0.1, 0.15) is 27.7 Å². The first kappa shape index (κ1) is 11.4. The predicted molar refractivity (Wildman–Crippen MR) is 49.6 cm³/mol. The van der Waals surface area contributed by atoms with Crippen molar-refractivity contribution < 1.29 is 4.79 Å². The van der Waals surface area contributed by atoms with Gasteiger partial charge >= 0.3 is 0 Å². The lowest BCUT2D eigenvalue weighted by molar-refractivity contribution is -0.123. The molecule has 0 aromatic rings. The Bertz CT molecular complexity index is 143. The number of amides is 1. The second-order valence-electron chi connectivity index (χ2n) is 3.86. The SMILES string of the molecule is CC(C)CNC(=O)[C@@H]([NH])C(C)C. The van der Waals surface area contributed by atoms with Crippen LogP contribution in [-0.4, -0.2) is 18.5 Å². The third kappa shape index (κ3) is 4.34. The highest BCUT2D eigenvalue weighted by atomic mass is 16.2. The van der Waals surface area contributed by atoms with Gasteiger partial charge in [-0.1, -0.05) is 27.7 Å². The smallest absolute Gasteiger partial charge is 0.238 e. The van der Waals surface area contributed by atoms with E-state index in [1.165, 1.54) is 0 Å². The summed E-state index contributed by atoms with van der Waals surface area (Å²) in [7, 11) is 0. The lowest BCUT2D eigenvalue weighted by Crippen LogP contribution is -2.40. The van der Waals surface area contributed by atoms with Crippen LogP contribution in [0.4, 0.5) is 0 Å². The van der Waals surface area contributed by atoms with Gasteiger partial charge in [0.25, 0.3) is 0 Å². The highest BCUT2D eigenvalue weighted by Gasteiger charge is 2.17. The molecule has 0 aromatic carbocycles. The zero-order valence-corrected chi connectivity index (χ0v) is 8.35. The number of nitrogens with one attached hydrogen (secondary N) is 2. The maximum Gasteiger partial charge on any atom is 0.238 e. The van der Waals surface area contributed by atoms with Crippen LogP contribution >= 0.6 is 0 Å². The molecular formula is C9H19N2O. The number of hydrogen-bond acceptors (Lipinski definition) is 1. The van der Waals surface area contributed by atoms with Crippen molar-refractivity contribution in [3.8, 4) is 0 Å². The average molecular weight is 171 g/mol. The zero-order chi connectivity index (χ0) is 9.72. The minimum Gasteiger partial charge on any atom is -0.354 e. The van der Waals surface area contributed by atoms with E-state index >= 15 is 0 Å². The molecule has 0 unspecified atom stereocenters. The molecule has 71 valence electrons. The van der Waals surface area contributed by atoms with Gasteiger partial charge in [0.05, 0.1) is 0 Å². The Labute approximate surface area is 74.7 Å². The molecule has 0 saturated carbocycles. The first-order chi connectivity index (χ1) is 5.45. The Morgan fingerprint density at radius 1 is 1.33 bits per heavy atom. The van der Waals surface area contributed by atoms with Gasteiger partial charge in [-0.3, -0.25) is 4.79 Å². The third-order valence-electron chi connectivity index (χ3n) is 1.63. The van der Waals surface area contributed by atoms with E-state index < -0.39 is 6.04 Å². The van der Waals surface area contributed by atoms with E-state index in [-0.39, 0.29) is 11.8 Å². The predicted octanol–water partition coefficient (Wildman–Crippen LogP) is 1.07. The van der Waals surface area contributed by atoms with E-state index in [0.717, 1.165) is 0 Å². The molecule has 0 saturated heterocycles. The van der Waals surface area contributed by atoms with Gasteiger partial charge in [0.2, 0.25) is 5.91 Å². The van der Waals surface area contributed by atoms with Crippen LogP contribution in [0.3, 0.4) is 0 Å². The summed E-state index contributed by atoms with van der Waals surface area (Å²) in [5, 5.41) is 2.74. The van der Waals surface area contributed by atoms with Crippen molar-refractivity contribution in [3.05, 3.63) is 0 Å². The van der Waals surface area contributed by atoms with Gasteiger partial charge in [-0.2, -0.15) is 0 Å². The molecule has 0 aromatic heterocycles. The molecule has 1 radical (unpaired) electrons. The minimum atomic E-state index is -0.622. The van der Waals surface area contributed by atoms with Crippen molar-refractivity contribution in [1.82, 2.24) is 11.1 Å². The second-order valence-corrected chi connectivity index (χ2v) is 3.86. The first-order valence-electron chi connectivity index (χ1n) is 4.44. The van der Waals surface area contributed by atoms with E-state index in [9.17, 15) is 4.79 Å². The van der Waals surface area contributed by atoms with Crippen LogP contribution in [0.5, 0.6) is 0 Å². The van der Waals surface area contributed by atoms with E-state index in [1.807, 2.05) is 27.7 Å². The number of carbonyl (C=O) groups excluding carboxylic acids is 1. The molecule has 3 nitrogen and oxygen atoms in total. The summed E-state index contributed by atoms with van der Waals surface area (Å²) >= 11 is 0. The Hall–Kier alpha value is -0.570. The highest BCUT2D eigenvalue weighted by Crippen LogP contribution is 1.99. The number of carbonyl (C=O) groups is 1. The van der Waals surface area contributed by atoms with Crippen LogP contribution in [0.2, 0.25) is 0 Å². The average Bonchev–Trinajstić information content (AvgIpc) is 1.98. The molecule has 0 heterocycles. The molecule has 2 N–H and O–H groups in total. The molecule has 3 heteroatoms. The second kappa shape index (κ2) is 5.14. The summed E-state index contributed by atoms with van der Waals surface area (Å²) < 4.78 is 0. The Balaban J connectivity index is 3.72. The normalized spacial score (nSPS) is 13.6. The fourth-order valence-electron chi connectivity index (χ4n) is 0.717. The van der Waals surface area contributed by atoms with Crippen LogP contribution < -0.4 is 11.1 Å². The Morgan fingerprint density at radius 2 is 1.83 bits per heavy atom. The van der Waals surface area contributed by atoms with Gasteiger partial charge in [0.15, 0.2) is 0 Å². The van der Waals surface area contributed by atoms with E-state index in [4.69, 9.17) is 5.73 Å². The van der Waals surface area contributed by atoms with Crippen molar-refractivity contribution in [2.24, 2.45) is 11.8 Å². The Kier molecular flexibility index (Phi) is 4.90. The molecule has 0 aliphatic rings. The van der Waals surface area contributed by atoms with Crippen LogP contribution in [-0.2, 0) is 4.79 Å². The van der Waals surface area contributed by atoms with Gasteiger partial charge in [-0.25, -0.2) is 5.73 Å². The van der Waals surface area contributed by atoms with Crippen molar-refractivity contribution in [1.29, 1.82) is 0 Å². The van der Waals surface area contributed by atoms with Gasteiger partial charge in [0.1, 0.15) is 6.04 Å². The van der Waals surface area contributed by atoms with E-state index in [2.05, 4.69) is 5.32 Å². The molecular weight excluding hydrogens is 152 g/mol. The maximum absolute atomic E-state index is 11.2. The van der Waals surface area contributed by atoms with Crippen molar-refractivity contribution >= 4 is 5.91 Å². The number of rotatable bonds is 4. The molecule has 0 spiro atoms. The molecule has 0 fully saturated rings. The summed E-state index contributed by atoms with van der Waals surface area (Å²) in [5.74, 6) is 0.393. The summed E-state index contributed by atoms with van der Waals surface area (Å²) in [6.45, 7) is 8.50. The summed E-state index contributed by atoms with van der Waals surface area (Å²) in [4.78, 5) is 11.2. The third-order valence-corrected chi connectivity index (χ3v) is 1.63. The molecule has 0 bridgehead atoms. The largest absolute Gasteiger partial charge is 0.354 e. The van der Waals surface area contributed by atoms with Crippen molar-refractivity contribution in [2.45, 2.75) is 33.7 Å². The fourth-order valence-corrected chi connectivity index (χ4v) is 0.717. The standard InChI is InChI=1S/C9H19N2O/c1-6(2)5-11-9(12)8(10)7(3)4/h6-8,10H,5H2,1-4H3,(H,11,12)/t8-/m0/s1. The minimum absolute atomic E-state index is 0.0946. The lowest BCUT2D eigenvalue weighted by Gasteiger charge is -2.15. The first-order valence-corrected chi connectivity index (χ1v) is 4.44. The van der Waals surface area contributed by atoms with Gasteiger partial charge in [0, 0.05) is 6.54 Å². The zero-order valence-electron chi connectivity index (χ0n) is 8.35. The molecule has 0 aliphatic heterocycles. The molecule has 1 amide bonds. The Morgan fingerprint density at radius 3 is 2.17 bits per heavy atom. The molecule has 12 heavy (non-hydrogen) atoms. The van der Waals surface area contributed by atoms with Crippen molar-refractivity contribution in [2.75, 3.05) is 6.54 Å². The van der Waals surface area contributed by atoms with E-state index in [1.54, 1.807) is 0 Å². The van der Waals surface area contributed by atoms with E-state index in [0.29, 0.717) is 12.5 Å². The van der Waals surface area contributed by atoms with Crippen molar-refractivity contribution in [3.63, 3.8) is 0 Å². The monoisotopic (exact) mass is 171 g/mol. The fraction of sp³-hybridized carbons (Fsp3) is 0.889. The maximum atomic E-state index is 11.2. The molecule has 0 rings (SSSR count). The highest BCUT2D eigenvalue weighted by molar-refractivity contribution is 5.81. The van der Waals surface area contributed by atoms with Crippen LogP contribution in [0.25, 0.3) is 0 Å². The van der Waals surface area contributed by atoms with Crippen LogP contribution in [0.15, 0.2) is 0 Å². The lowest BCUT2D eigenvalue weighted by atomic mass is 10.0. The van der Waals surface area contributed by atoms with Gasteiger partial charge < -0.3 is 5.32 Å². The molecule has 1 atom stereocenters. The summed E-state index contributed by atoms with van der Waals surface area (Å²) in [5.41, 5.74) is 7.46. The number of hydrogen-bond donors (Lipinski definition) is 1. The summed E-state index contributed by atoms with van der Waals surface area (Å²) in [6.07, 6.45) is 0. The summed E-state index contributed by atoms with van der Waals surface area (Å²) in [6, 6.07) is -0.622. The molecule has 0 aliphatic carbocycles. The van der Waals surface area contributed by atoms with Gasteiger partial charge in [-0.15, -0.1) is 0 Å². The quantitative estimate of drug-likeness (QED) is 0.675.